The van der Waals surface area contributed by atoms with Crippen LogP contribution in [0.15, 0.2) is 12.1 Å². The van der Waals surface area contributed by atoms with Crippen LogP contribution in [0.5, 0.6) is 0 Å². The van der Waals surface area contributed by atoms with Gasteiger partial charge in [0.05, 0.1) is 5.52 Å². The standard InChI is InChI=1S/C17H21ClN2/c1-3-7-19-10-15-13-5-4-6-16(13)20-17-11(2)8-12(18)9-14(15)17/h8-9,19H,3-7,10H2,1-2H3. The van der Waals surface area contributed by atoms with Crippen LogP contribution in [0.2, 0.25) is 5.02 Å². The number of nitrogens with zero attached hydrogens (tertiary/aromatic N) is 1. The molecule has 0 saturated heterocycles. The van der Waals surface area contributed by atoms with E-state index in [1.165, 1.54) is 34.2 Å². The lowest BCUT2D eigenvalue weighted by Gasteiger charge is -2.15. The monoisotopic (exact) mass is 288 g/mol. The molecule has 1 N–H and O–H groups in total. The lowest BCUT2D eigenvalue weighted by atomic mass is 9.99. The van der Waals surface area contributed by atoms with Crippen LogP contribution in [0.4, 0.5) is 0 Å². The number of nitrogens with one attached hydrogen (secondary N) is 1. The zero-order valence-electron chi connectivity index (χ0n) is 12.2. The van der Waals surface area contributed by atoms with E-state index in [-0.39, 0.29) is 0 Å². The molecule has 0 atom stereocenters. The summed E-state index contributed by atoms with van der Waals surface area (Å²) < 4.78 is 0. The zero-order valence-corrected chi connectivity index (χ0v) is 13.0. The Bertz CT molecular complexity index is 649. The van der Waals surface area contributed by atoms with Crippen LogP contribution in [0, 0.1) is 6.92 Å². The Morgan fingerprint density at radius 1 is 1.30 bits per heavy atom. The van der Waals surface area contributed by atoms with E-state index < -0.39 is 0 Å². The molecule has 3 rings (SSSR count). The molecule has 1 aromatic carbocycles. The molecular weight excluding hydrogens is 268 g/mol. The molecule has 0 unspecified atom stereocenters. The number of hydrogen-bond acceptors (Lipinski definition) is 2. The quantitative estimate of drug-likeness (QED) is 0.854. The van der Waals surface area contributed by atoms with Gasteiger partial charge >= 0.3 is 0 Å². The summed E-state index contributed by atoms with van der Waals surface area (Å²) in [6.45, 7) is 6.28. The number of pyridine rings is 1. The molecule has 0 spiro atoms. The first kappa shape index (κ1) is 13.8. The Morgan fingerprint density at radius 3 is 2.95 bits per heavy atom. The fourth-order valence-corrected chi connectivity index (χ4v) is 3.45. The normalized spacial score (nSPS) is 13.9. The van der Waals surface area contributed by atoms with E-state index >= 15 is 0 Å². The van der Waals surface area contributed by atoms with Gasteiger partial charge in [-0.25, -0.2) is 0 Å². The van der Waals surface area contributed by atoms with Crippen molar-refractivity contribution in [3.63, 3.8) is 0 Å². The molecule has 2 aromatic rings. The van der Waals surface area contributed by atoms with Crippen LogP contribution in [-0.2, 0) is 19.4 Å². The molecule has 1 aromatic heterocycles. The highest BCUT2D eigenvalue weighted by atomic mass is 35.5. The molecule has 0 fully saturated rings. The van der Waals surface area contributed by atoms with Gasteiger partial charge in [0.1, 0.15) is 0 Å². The zero-order chi connectivity index (χ0) is 14.1. The number of aryl methyl sites for hydroxylation is 2. The molecule has 0 saturated carbocycles. The van der Waals surface area contributed by atoms with Crippen molar-refractivity contribution in [2.45, 2.75) is 46.1 Å². The molecule has 0 amide bonds. The first-order valence-electron chi connectivity index (χ1n) is 7.52. The van der Waals surface area contributed by atoms with Gasteiger partial charge in [0, 0.05) is 22.6 Å². The highest BCUT2D eigenvalue weighted by Gasteiger charge is 2.20. The third kappa shape index (κ3) is 2.43. The lowest BCUT2D eigenvalue weighted by Crippen LogP contribution is -2.16. The second-order valence-electron chi connectivity index (χ2n) is 5.66. The van der Waals surface area contributed by atoms with Gasteiger partial charge in [-0.1, -0.05) is 18.5 Å². The number of benzene rings is 1. The largest absolute Gasteiger partial charge is 0.313 e. The Kier molecular flexibility index (Phi) is 3.95. The van der Waals surface area contributed by atoms with Crippen molar-refractivity contribution in [1.82, 2.24) is 10.3 Å². The molecule has 2 nitrogen and oxygen atoms in total. The smallest absolute Gasteiger partial charge is 0.0738 e. The number of rotatable bonds is 4. The summed E-state index contributed by atoms with van der Waals surface area (Å²) in [5.74, 6) is 0. The first-order chi connectivity index (χ1) is 9.70. The van der Waals surface area contributed by atoms with Crippen LogP contribution in [0.1, 0.15) is 42.1 Å². The summed E-state index contributed by atoms with van der Waals surface area (Å²) in [7, 11) is 0. The van der Waals surface area contributed by atoms with Gasteiger partial charge < -0.3 is 5.32 Å². The summed E-state index contributed by atoms with van der Waals surface area (Å²) in [6, 6.07) is 4.10. The van der Waals surface area contributed by atoms with E-state index in [0.717, 1.165) is 42.9 Å². The van der Waals surface area contributed by atoms with Gasteiger partial charge in [-0.3, -0.25) is 4.98 Å². The van der Waals surface area contributed by atoms with Crippen molar-refractivity contribution < 1.29 is 0 Å². The van der Waals surface area contributed by atoms with Gasteiger partial charge in [-0.2, -0.15) is 0 Å². The minimum Gasteiger partial charge on any atom is -0.313 e. The molecule has 20 heavy (non-hydrogen) atoms. The van der Waals surface area contributed by atoms with Crippen LogP contribution < -0.4 is 5.32 Å². The molecule has 1 heterocycles. The molecule has 0 bridgehead atoms. The molecule has 1 aliphatic carbocycles. The second kappa shape index (κ2) is 5.71. The third-order valence-electron chi connectivity index (χ3n) is 4.12. The molecule has 106 valence electrons. The van der Waals surface area contributed by atoms with Crippen molar-refractivity contribution in [1.29, 1.82) is 0 Å². The van der Waals surface area contributed by atoms with Gasteiger partial charge in [-0.05, 0) is 68.0 Å². The van der Waals surface area contributed by atoms with Gasteiger partial charge in [-0.15, -0.1) is 0 Å². The number of fused-ring (bicyclic) bond motifs is 2. The predicted octanol–water partition coefficient (Wildman–Crippen LogP) is 4.18. The Hall–Kier alpha value is -1.12. The maximum atomic E-state index is 6.26. The van der Waals surface area contributed by atoms with Crippen molar-refractivity contribution in [2.75, 3.05) is 6.54 Å². The molecule has 0 radical (unpaired) electrons. The molecule has 3 heteroatoms. The third-order valence-corrected chi connectivity index (χ3v) is 4.34. The summed E-state index contributed by atoms with van der Waals surface area (Å²) in [4.78, 5) is 4.90. The Balaban J connectivity index is 2.17. The van der Waals surface area contributed by atoms with E-state index in [1.54, 1.807) is 0 Å². The highest BCUT2D eigenvalue weighted by Crippen LogP contribution is 2.32. The van der Waals surface area contributed by atoms with Crippen molar-refractivity contribution >= 4 is 22.5 Å². The number of hydrogen-bond donors (Lipinski definition) is 1. The van der Waals surface area contributed by atoms with Crippen molar-refractivity contribution in [3.05, 3.63) is 39.5 Å². The predicted molar refractivity (Wildman–Crippen MR) is 85.5 cm³/mol. The van der Waals surface area contributed by atoms with E-state index in [0.29, 0.717) is 0 Å². The van der Waals surface area contributed by atoms with Gasteiger partial charge in [0.2, 0.25) is 0 Å². The maximum Gasteiger partial charge on any atom is 0.0738 e. The van der Waals surface area contributed by atoms with Crippen molar-refractivity contribution in [3.8, 4) is 0 Å². The molecule has 0 aliphatic heterocycles. The van der Waals surface area contributed by atoms with Gasteiger partial charge in [0.25, 0.3) is 0 Å². The van der Waals surface area contributed by atoms with E-state index in [4.69, 9.17) is 16.6 Å². The average Bonchev–Trinajstić information content (AvgIpc) is 2.87. The summed E-state index contributed by atoms with van der Waals surface area (Å²) >= 11 is 6.26. The lowest BCUT2D eigenvalue weighted by molar-refractivity contribution is 0.674. The minimum absolute atomic E-state index is 0.812. The van der Waals surface area contributed by atoms with Crippen molar-refractivity contribution in [2.24, 2.45) is 0 Å². The number of halogens is 1. The molecular formula is C17H21ClN2. The van der Waals surface area contributed by atoms with E-state index in [1.807, 2.05) is 6.07 Å². The van der Waals surface area contributed by atoms with E-state index in [9.17, 15) is 0 Å². The summed E-state index contributed by atoms with van der Waals surface area (Å²) in [6.07, 6.45) is 4.66. The SMILES string of the molecule is CCCNCc1c2c(nc3c(C)cc(Cl)cc13)CCC2. The average molecular weight is 289 g/mol. The van der Waals surface area contributed by atoms with Crippen LogP contribution in [0.3, 0.4) is 0 Å². The number of aromatic nitrogens is 1. The fourth-order valence-electron chi connectivity index (χ4n) is 3.18. The van der Waals surface area contributed by atoms with Crippen LogP contribution in [0.25, 0.3) is 10.9 Å². The summed E-state index contributed by atoms with van der Waals surface area (Å²) in [5.41, 5.74) is 6.49. The van der Waals surface area contributed by atoms with Crippen LogP contribution in [-0.4, -0.2) is 11.5 Å². The first-order valence-corrected chi connectivity index (χ1v) is 7.89. The van der Waals surface area contributed by atoms with Gasteiger partial charge in [0.15, 0.2) is 0 Å². The van der Waals surface area contributed by atoms with E-state index in [2.05, 4.69) is 25.2 Å². The Morgan fingerprint density at radius 2 is 2.15 bits per heavy atom. The summed E-state index contributed by atoms with van der Waals surface area (Å²) in [5, 5.41) is 5.59. The maximum absolute atomic E-state index is 6.26. The fraction of sp³-hybridized carbons (Fsp3) is 0.471. The second-order valence-corrected chi connectivity index (χ2v) is 6.10. The van der Waals surface area contributed by atoms with Crippen LogP contribution >= 0.6 is 11.6 Å². The molecule has 1 aliphatic rings. The topological polar surface area (TPSA) is 24.9 Å². The highest BCUT2D eigenvalue weighted by molar-refractivity contribution is 6.31. The Labute approximate surface area is 125 Å². The minimum atomic E-state index is 0.812.